The van der Waals surface area contributed by atoms with Crippen molar-refractivity contribution in [2.24, 2.45) is 0 Å². The summed E-state index contributed by atoms with van der Waals surface area (Å²) in [5.74, 6) is 0. The summed E-state index contributed by atoms with van der Waals surface area (Å²) in [6, 6.07) is 13.9. The van der Waals surface area contributed by atoms with Crippen LogP contribution in [0.2, 0.25) is 0 Å². The van der Waals surface area contributed by atoms with Crippen molar-refractivity contribution in [3.8, 4) is 15.8 Å². The van der Waals surface area contributed by atoms with E-state index in [0.717, 1.165) is 17.0 Å². The van der Waals surface area contributed by atoms with E-state index in [2.05, 4.69) is 48.8 Å². The van der Waals surface area contributed by atoms with Gasteiger partial charge in [0.2, 0.25) is 0 Å². The second-order valence-corrected chi connectivity index (χ2v) is 12.7. The largest absolute Gasteiger partial charge is 0.382 e. The van der Waals surface area contributed by atoms with Gasteiger partial charge in [-0.2, -0.15) is 5.26 Å². The minimum Gasteiger partial charge on any atom is -0.382 e. The molecule has 0 spiro atoms. The smallest absolute Gasteiger partial charge is 0.195 e. The van der Waals surface area contributed by atoms with Crippen LogP contribution in [0.4, 0.5) is 5.00 Å². The van der Waals surface area contributed by atoms with Crippen LogP contribution in [-0.2, 0) is 29.1 Å². The summed E-state index contributed by atoms with van der Waals surface area (Å²) in [6.07, 6.45) is 1.96. The first-order valence-electron chi connectivity index (χ1n) is 14.3. The van der Waals surface area contributed by atoms with Gasteiger partial charge >= 0.3 is 0 Å². The zero-order valence-corrected chi connectivity index (χ0v) is 26.9. The van der Waals surface area contributed by atoms with E-state index in [9.17, 15) is 0 Å². The molecule has 0 N–H and O–H groups in total. The molecule has 2 heterocycles. The Morgan fingerprint density at radius 1 is 0.884 bits per heavy atom. The second kappa shape index (κ2) is 16.1. The minimum atomic E-state index is -0.107. The molecule has 1 aromatic carbocycles. The van der Waals surface area contributed by atoms with E-state index >= 15 is 0 Å². The molecular weight excluding hydrogens is 583 g/mol. The average molecular weight is 622 g/mol. The molecule has 2 aromatic heterocycles. The van der Waals surface area contributed by atoms with Crippen LogP contribution in [0.5, 0.6) is 0 Å². The summed E-state index contributed by atoms with van der Waals surface area (Å²) < 4.78 is 27.1. The maximum absolute atomic E-state index is 9.08. The fourth-order valence-corrected chi connectivity index (χ4v) is 7.42. The SMILES string of the molecule is [C-]#[N+]/C(=C\c1cc2c(s1)-c1sc(N(C)CCOCCOCCOCCOCCOC)cc1C2(C)C)c1ccc(C#N)cc1. The highest BCUT2D eigenvalue weighted by atomic mass is 32.1. The molecule has 43 heavy (non-hydrogen) atoms. The standard InChI is InChI=1S/C33H39N3O5S2/c1-33(2)27-20-26(21-29(35-3)25-8-6-24(23-34)7-9-25)42-31(27)32-28(33)22-30(43-32)36(4)10-11-38-14-15-40-18-19-41-17-16-39-13-12-37-5/h6-9,20-22H,10-19H2,1-2,4-5H3/b29-21-. The number of ether oxygens (including phenoxy) is 5. The molecule has 0 bridgehead atoms. The molecule has 0 saturated heterocycles. The third kappa shape index (κ3) is 8.53. The zero-order chi connectivity index (χ0) is 30.7. The Morgan fingerprint density at radius 3 is 2.02 bits per heavy atom. The topological polar surface area (TPSA) is 77.5 Å². The molecule has 0 atom stereocenters. The molecule has 1 aliphatic rings. The molecule has 8 nitrogen and oxygen atoms in total. The number of likely N-dealkylation sites (N-methyl/N-ethyl adjacent to an activating group) is 1. The minimum absolute atomic E-state index is 0.107. The molecule has 0 unspecified atom stereocenters. The summed E-state index contributed by atoms with van der Waals surface area (Å²) in [4.78, 5) is 9.69. The quantitative estimate of drug-likeness (QED) is 0.118. The number of methoxy groups -OCH3 is 1. The van der Waals surface area contributed by atoms with E-state index in [1.165, 1.54) is 25.9 Å². The highest BCUT2D eigenvalue weighted by Crippen LogP contribution is 2.57. The van der Waals surface area contributed by atoms with Gasteiger partial charge in [-0.1, -0.05) is 26.0 Å². The van der Waals surface area contributed by atoms with Crippen molar-refractivity contribution in [1.29, 1.82) is 5.26 Å². The first-order chi connectivity index (χ1) is 20.9. The van der Waals surface area contributed by atoms with Crippen LogP contribution in [0.25, 0.3) is 26.4 Å². The lowest BCUT2D eigenvalue weighted by atomic mass is 9.84. The number of nitriles is 1. The van der Waals surface area contributed by atoms with Crippen LogP contribution in [-0.4, -0.2) is 80.2 Å². The van der Waals surface area contributed by atoms with Crippen LogP contribution in [0.3, 0.4) is 0 Å². The number of hydrogen-bond acceptors (Lipinski definition) is 9. The second-order valence-electron chi connectivity index (χ2n) is 10.5. The van der Waals surface area contributed by atoms with Crippen LogP contribution < -0.4 is 4.90 Å². The number of nitrogens with zero attached hydrogens (tertiary/aromatic N) is 3. The number of rotatable bonds is 18. The van der Waals surface area contributed by atoms with Crippen LogP contribution in [0.15, 0.2) is 36.4 Å². The van der Waals surface area contributed by atoms with Gasteiger partial charge in [-0.15, -0.1) is 22.7 Å². The molecule has 0 aliphatic heterocycles. The molecule has 4 rings (SSSR count). The zero-order valence-electron chi connectivity index (χ0n) is 25.3. The van der Waals surface area contributed by atoms with Crippen molar-refractivity contribution in [1.82, 2.24) is 0 Å². The van der Waals surface area contributed by atoms with Gasteiger partial charge in [0.05, 0.1) is 87.5 Å². The molecular formula is C33H39N3O5S2. The molecule has 0 saturated carbocycles. The van der Waals surface area contributed by atoms with Gasteiger partial charge in [0.1, 0.15) is 0 Å². The van der Waals surface area contributed by atoms with Crippen molar-refractivity contribution in [2.45, 2.75) is 19.3 Å². The number of hydrogen-bond donors (Lipinski definition) is 0. The maximum atomic E-state index is 9.08. The Bertz CT molecular complexity index is 1450. The molecule has 0 radical (unpaired) electrons. The van der Waals surface area contributed by atoms with Gasteiger partial charge in [-0.3, -0.25) is 0 Å². The normalized spacial score (nSPS) is 13.4. The van der Waals surface area contributed by atoms with Gasteiger partial charge < -0.3 is 28.6 Å². The van der Waals surface area contributed by atoms with Gasteiger partial charge in [-0.25, -0.2) is 4.85 Å². The Morgan fingerprint density at radius 2 is 1.44 bits per heavy atom. The molecule has 0 fully saturated rings. The fourth-order valence-electron chi connectivity index (χ4n) is 4.70. The summed E-state index contributed by atoms with van der Waals surface area (Å²) in [7, 11) is 3.76. The number of fused-ring (bicyclic) bond motifs is 3. The molecule has 10 heteroatoms. The Labute approximate surface area is 262 Å². The van der Waals surface area contributed by atoms with E-state index in [1.54, 1.807) is 30.6 Å². The predicted molar refractivity (Wildman–Crippen MR) is 174 cm³/mol. The van der Waals surface area contributed by atoms with Crippen molar-refractivity contribution >= 4 is 39.4 Å². The highest BCUT2D eigenvalue weighted by Gasteiger charge is 2.39. The van der Waals surface area contributed by atoms with E-state index in [0.29, 0.717) is 70.7 Å². The predicted octanol–water partition coefficient (Wildman–Crippen LogP) is 6.55. The van der Waals surface area contributed by atoms with Crippen LogP contribution in [0.1, 0.15) is 41.0 Å². The summed E-state index contributed by atoms with van der Waals surface area (Å²) in [5, 5.41) is 10.3. The van der Waals surface area contributed by atoms with Crippen molar-refractivity contribution in [2.75, 3.05) is 85.1 Å². The molecule has 0 amide bonds. The average Bonchev–Trinajstić information content (AvgIpc) is 3.69. The lowest BCUT2D eigenvalue weighted by molar-refractivity contribution is -0.00719. The van der Waals surface area contributed by atoms with Crippen LogP contribution in [0, 0.1) is 17.9 Å². The fraction of sp³-hybridized carbons (Fsp3) is 0.455. The summed E-state index contributed by atoms with van der Waals surface area (Å²) in [5.41, 5.74) is 4.54. The van der Waals surface area contributed by atoms with E-state index in [4.69, 9.17) is 35.5 Å². The van der Waals surface area contributed by atoms with Gasteiger partial charge in [0, 0.05) is 35.9 Å². The number of anilines is 1. The van der Waals surface area contributed by atoms with Crippen molar-refractivity contribution in [3.05, 3.63) is 74.9 Å². The van der Waals surface area contributed by atoms with Crippen molar-refractivity contribution in [3.63, 3.8) is 0 Å². The summed E-state index contributed by atoms with van der Waals surface area (Å²) in [6.45, 7) is 18.1. The van der Waals surface area contributed by atoms with Gasteiger partial charge in [0.15, 0.2) is 5.70 Å². The Balaban J connectivity index is 1.24. The monoisotopic (exact) mass is 621 g/mol. The number of benzene rings is 1. The lowest BCUT2D eigenvalue weighted by Crippen LogP contribution is -2.23. The third-order valence-corrected chi connectivity index (χ3v) is 9.72. The molecule has 1 aliphatic carbocycles. The highest BCUT2D eigenvalue weighted by molar-refractivity contribution is 7.25. The van der Waals surface area contributed by atoms with Crippen molar-refractivity contribution < 1.29 is 23.7 Å². The van der Waals surface area contributed by atoms with Gasteiger partial charge in [-0.05, 0) is 47.0 Å². The molecule has 3 aromatic rings. The first kappa shape index (κ1) is 32.8. The molecule has 228 valence electrons. The van der Waals surface area contributed by atoms with E-state index in [-0.39, 0.29) is 5.41 Å². The van der Waals surface area contributed by atoms with Crippen LogP contribution >= 0.6 is 22.7 Å². The Kier molecular flexibility index (Phi) is 12.3. The van der Waals surface area contributed by atoms with E-state index in [1.807, 2.05) is 29.5 Å². The first-order valence-corrected chi connectivity index (χ1v) is 15.9. The summed E-state index contributed by atoms with van der Waals surface area (Å²) >= 11 is 3.55. The lowest BCUT2D eigenvalue weighted by Gasteiger charge is -2.20. The maximum Gasteiger partial charge on any atom is 0.195 e. The Hall–Kier alpha value is -3.06. The number of thiophene rings is 2. The third-order valence-electron chi connectivity index (χ3n) is 7.23. The van der Waals surface area contributed by atoms with Gasteiger partial charge in [0.25, 0.3) is 0 Å². The van der Waals surface area contributed by atoms with E-state index < -0.39 is 0 Å².